The third kappa shape index (κ3) is 2.42. The lowest BCUT2D eigenvalue weighted by atomic mass is 10.1. The summed E-state index contributed by atoms with van der Waals surface area (Å²) >= 11 is 0. The quantitative estimate of drug-likeness (QED) is 0.751. The number of alkyl carbamates (subject to hydrolysis) is 1. The first-order chi connectivity index (χ1) is 7.08. The van der Waals surface area contributed by atoms with Gasteiger partial charge in [-0.1, -0.05) is 6.42 Å². The molecular weight excluding hydrogens is 218 g/mol. The smallest absolute Gasteiger partial charge is 0.407 e. The minimum absolute atomic E-state index is 0.129. The van der Waals surface area contributed by atoms with Crippen molar-refractivity contribution in [3.8, 4) is 0 Å². The summed E-state index contributed by atoms with van der Waals surface area (Å²) < 4.78 is 28.1. The average Bonchev–Trinajstić information content (AvgIpc) is 2.55. The molecule has 0 aromatic rings. The Morgan fingerprint density at radius 3 is 2.80 bits per heavy atom. The molecule has 2 rings (SSSR count). The van der Waals surface area contributed by atoms with Gasteiger partial charge in [-0.3, -0.25) is 0 Å². The predicted octanol–water partition coefficient (Wildman–Crippen LogP) is 0.452. The highest BCUT2D eigenvalue weighted by Gasteiger charge is 2.33. The van der Waals surface area contributed by atoms with E-state index >= 15 is 0 Å². The molecule has 2 saturated heterocycles. The lowest BCUT2D eigenvalue weighted by Gasteiger charge is -2.23. The second-order valence-electron chi connectivity index (χ2n) is 4.16. The van der Waals surface area contributed by atoms with Gasteiger partial charge in [-0.05, 0) is 19.3 Å². The third-order valence-corrected chi connectivity index (χ3v) is 5.30. The van der Waals surface area contributed by atoms with Crippen molar-refractivity contribution in [1.29, 1.82) is 0 Å². The average molecular weight is 233 g/mol. The standard InChI is InChI=1S/C9H15NO4S/c11-9-10-7(6-14-9)5-8-3-1-2-4-15(8,12)13/h7-8H,1-6H2,(H,10,11). The number of carbonyl (C=O) groups is 1. The summed E-state index contributed by atoms with van der Waals surface area (Å²) in [6.45, 7) is 0.296. The van der Waals surface area contributed by atoms with Gasteiger partial charge in [0.1, 0.15) is 6.61 Å². The number of ether oxygens (including phenoxy) is 1. The molecule has 6 heteroatoms. The van der Waals surface area contributed by atoms with Crippen LogP contribution in [0.2, 0.25) is 0 Å². The van der Waals surface area contributed by atoms with Crippen LogP contribution in [0.4, 0.5) is 4.79 Å². The van der Waals surface area contributed by atoms with Crippen LogP contribution in [-0.4, -0.2) is 38.2 Å². The Morgan fingerprint density at radius 1 is 1.40 bits per heavy atom. The Labute approximate surface area is 89.1 Å². The van der Waals surface area contributed by atoms with Crippen LogP contribution >= 0.6 is 0 Å². The van der Waals surface area contributed by atoms with Crippen LogP contribution in [0.5, 0.6) is 0 Å². The molecular formula is C9H15NO4S. The van der Waals surface area contributed by atoms with Crippen molar-refractivity contribution >= 4 is 15.9 Å². The van der Waals surface area contributed by atoms with Gasteiger partial charge in [0, 0.05) is 0 Å². The van der Waals surface area contributed by atoms with E-state index in [4.69, 9.17) is 4.74 Å². The van der Waals surface area contributed by atoms with Crippen molar-refractivity contribution < 1.29 is 17.9 Å². The molecule has 1 N–H and O–H groups in total. The van der Waals surface area contributed by atoms with Crippen LogP contribution < -0.4 is 5.32 Å². The Bertz CT molecular complexity index is 351. The second-order valence-corrected chi connectivity index (χ2v) is 6.56. The van der Waals surface area contributed by atoms with E-state index in [-0.39, 0.29) is 11.3 Å². The maximum atomic E-state index is 11.7. The number of rotatable bonds is 2. The largest absolute Gasteiger partial charge is 0.447 e. The number of sulfone groups is 1. The highest BCUT2D eigenvalue weighted by Crippen LogP contribution is 2.24. The third-order valence-electron chi connectivity index (χ3n) is 3.00. The van der Waals surface area contributed by atoms with Crippen molar-refractivity contribution in [1.82, 2.24) is 5.32 Å². The molecule has 1 amide bonds. The van der Waals surface area contributed by atoms with Gasteiger partial charge in [0.05, 0.1) is 17.0 Å². The summed E-state index contributed by atoms with van der Waals surface area (Å²) in [4.78, 5) is 10.8. The van der Waals surface area contributed by atoms with Crippen molar-refractivity contribution in [3.63, 3.8) is 0 Å². The molecule has 0 spiro atoms. The molecule has 2 atom stereocenters. The van der Waals surface area contributed by atoms with Gasteiger partial charge >= 0.3 is 6.09 Å². The number of cyclic esters (lactones) is 1. The van der Waals surface area contributed by atoms with Crippen LogP contribution in [0.15, 0.2) is 0 Å². The summed E-state index contributed by atoms with van der Waals surface area (Å²) in [7, 11) is -2.94. The lowest BCUT2D eigenvalue weighted by Crippen LogP contribution is -2.36. The van der Waals surface area contributed by atoms with Crippen molar-refractivity contribution in [2.45, 2.75) is 37.0 Å². The first-order valence-corrected chi connectivity index (χ1v) is 6.94. The van der Waals surface area contributed by atoms with Crippen LogP contribution in [-0.2, 0) is 14.6 Å². The summed E-state index contributed by atoms with van der Waals surface area (Å²) in [6, 6.07) is -0.129. The van der Waals surface area contributed by atoms with Crippen molar-refractivity contribution in [3.05, 3.63) is 0 Å². The van der Waals surface area contributed by atoms with Crippen molar-refractivity contribution in [2.75, 3.05) is 12.4 Å². The van der Waals surface area contributed by atoms with Gasteiger partial charge in [-0.15, -0.1) is 0 Å². The zero-order valence-electron chi connectivity index (χ0n) is 8.44. The number of amides is 1. The Morgan fingerprint density at radius 2 is 2.20 bits per heavy atom. The van der Waals surface area contributed by atoms with Gasteiger partial charge in [0.15, 0.2) is 9.84 Å². The van der Waals surface area contributed by atoms with Crippen LogP contribution in [0, 0.1) is 0 Å². The molecule has 0 radical (unpaired) electrons. The molecule has 0 aromatic carbocycles. The maximum absolute atomic E-state index is 11.7. The van der Waals surface area contributed by atoms with Crippen LogP contribution in [0.3, 0.4) is 0 Å². The first kappa shape index (κ1) is 10.7. The fourth-order valence-corrected chi connectivity index (χ4v) is 4.15. The molecule has 2 aliphatic rings. The van der Waals surface area contributed by atoms with Gasteiger partial charge in [-0.2, -0.15) is 0 Å². The summed E-state index contributed by atoms with van der Waals surface area (Å²) in [5.41, 5.74) is 0. The fraction of sp³-hybridized carbons (Fsp3) is 0.889. The molecule has 15 heavy (non-hydrogen) atoms. The molecule has 0 bridgehead atoms. The lowest BCUT2D eigenvalue weighted by molar-refractivity contribution is 0.176. The molecule has 2 fully saturated rings. The Balaban J connectivity index is 1.96. The van der Waals surface area contributed by atoms with E-state index in [1.165, 1.54) is 0 Å². The maximum Gasteiger partial charge on any atom is 0.407 e. The number of hydrogen-bond donors (Lipinski definition) is 1. The molecule has 5 nitrogen and oxygen atoms in total. The first-order valence-electron chi connectivity index (χ1n) is 5.23. The Kier molecular flexibility index (Phi) is 2.86. The second kappa shape index (κ2) is 4.00. The Hall–Kier alpha value is -0.780. The molecule has 86 valence electrons. The minimum atomic E-state index is -2.94. The van der Waals surface area contributed by atoms with E-state index < -0.39 is 15.9 Å². The molecule has 2 unspecified atom stereocenters. The van der Waals surface area contributed by atoms with Crippen LogP contribution in [0.25, 0.3) is 0 Å². The van der Waals surface area contributed by atoms with E-state index in [1.54, 1.807) is 0 Å². The number of nitrogens with one attached hydrogen (secondary N) is 1. The molecule has 0 aromatic heterocycles. The topological polar surface area (TPSA) is 72.5 Å². The van der Waals surface area contributed by atoms with Gasteiger partial charge in [-0.25, -0.2) is 13.2 Å². The zero-order valence-corrected chi connectivity index (χ0v) is 9.26. The van der Waals surface area contributed by atoms with Gasteiger partial charge in [0.2, 0.25) is 0 Å². The van der Waals surface area contributed by atoms with E-state index in [1.807, 2.05) is 0 Å². The molecule has 2 aliphatic heterocycles. The molecule has 2 heterocycles. The monoisotopic (exact) mass is 233 g/mol. The zero-order chi connectivity index (χ0) is 10.9. The molecule has 0 saturated carbocycles. The normalized spacial score (nSPS) is 34.5. The van der Waals surface area contributed by atoms with E-state index in [9.17, 15) is 13.2 Å². The predicted molar refractivity (Wildman–Crippen MR) is 54.3 cm³/mol. The summed E-state index contributed by atoms with van der Waals surface area (Å²) in [5.74, 6) is 0.291. The van der Waals surface area contributed by atoms with Crippen molar-refractivity contribution in [2.24, 2.45) is 0 Å². The SMILES string of the molecule is O=C1NC(CC2CCCCS2(=O)=O)CO1. The van der Waals surface area contributed by atoms with Gasteiger partial charge < -0.3 is 10.1 Å². The number of hydrogen-bond acceptors (Lipinski definition) is 4. The minimum Gasteiger partial charge on any atom is -0.447 e. The summed E-state index contributed by atoms with van der Waals surface area (Å²) in [5, 5.41) is 2.32. The van der Waals surface area contributed by atoms with E-state index in [2.05, 4.69) is 5.32 Å². The molecule has 0 aliphatic carbocycles. The van der Waals surface area contributed by atoms with Crippen LogP contribution in [0.1, 0.15) is 25.7 Å². The highest BCUT2D eigenvalue weighted by molar-refractivity contribution is 7.92. The highest BCUT2D eigenvalue weighted by atomic mass is 32.2. The fourth-order valence-electron chi connectivity index (χ4n) is 2.16. The van der Waals surface area contributed by atoms with Gasteiger partial charge in [0.25, 0.3) is 0 Å². The number of carbonyl (C=O) groups excluding carboxylic acids is 1. The van der Waals surface area contributed by atoms with E-state index in [0.29, 0.717) is 25.2 Å². The van der Waals surface area contributed by atoms with E-state index in [0.717, 1.165) is 12.8 Å². The summed E-state index contributed by atoms with van der Waals surface area (Å²) in [6.07, 6.45) is 2.51.